The zero-order chi connectivity index (χ0) is 24.0. The van der Waals surface area contributed by atoms with E-state index in [-0.39, 0.29) is 23.2 Å². The van der Waals surface area contributed by atoms with Crippen molar-refractivity contribution in [3.63, 3.8) is 0 Å². The van der Waals surface area contributed by atoms with Gasteiger partial charge in [0, 0.05) is 38.5 Å². The lowest BCUT2D eigenvalue weighted by atomic mass is 9.97. The minimum Gasteiger partial charge on any atom is -0.492 e. The van der Waals surface area contributed by atoms with Gasteiger partial charge in [-0.2, -0.15) is 0 Å². The number of nitrogens with zero attached hydrogens (tertiary/aromatic N) is 2. The molecule has 8 nitrogen and oxygen atoms in total. The number of hydrogen-bond acceptors (Lipinski definition) is 6. The number of benzene rings is 2. The second kappa shape index (κ2) is 11.1. The van der Waals surface area contributed by atoms with E-state index in [1.54, 1.807) is 31.2 Å². The summed E-state index contributed by atoms with van der Waals surface area (Å²) < 4.78 is 32.0. The van der Waals surface area contributed by atoms with Crippen LogP contribution in [-0.4, -0.2) is 69.0 Å². The summed E-state index contributed by atoms with van der Waals surface area (Å²) in [6.07, 6.45) is 2.01. The maximum atomic E-state index is 12.8. The van der Waals surface area contributed by atoms with Crippen molar-refractivity contribution >= 4 is 21.6 Å². The number of aliphatic hydroxyl groups is 1. The van der Waals surface area contributed by atoms with Crippen LogP contribution >= 0.6 is 0 Å². The third-order valence-electron chi connectivity index (χ3n) is 5.85. The Hall–Kier alpha value is -2.46. The normalized spacial score (nSPS) is 15.5. The van der Waals surface area contributed by atoms with Crippen LogP contribution < -0.4 is 10.1 Å². The van der Waals surface area contributed by atoms with E-state index in [2.05, 4.69) is 10.2 Å². The molecular formula is C24H33N3O5S. The Labute approximate surface area is 196 Å². The fourth-order valence-corrected chi connectivity index (χ4v) is 4.86. The number of rotatable bonds is 9. The van der Waals surface area contributed by atoms with Crippen LogP contribution in [0.25, 0.3) is 0 Å². The van der Waals surface area contributed by atoms with Gasteiger partial charge in [-0.05, 0) is 74.7 Å². The molecule has 1 aliphatic rings. The van der Waals surface area contributed by atoms with Crippen LogP contribution in [0, 0.1) is 5.92 Å². The number of piperidine rings is 1. The number of amides is 1. The van der Waals surface area contributed by atoms with Gasteiger partial charge >= 0.3 is 0 Å². The number of nitrogens with one attached hydrogen (secondary N) is 1. The van der Waals surface area contributed by atoms with E-state index in [0.717, 1.165) is 42.3 Å². The first-order valence-corrected chi connectivity index (χ1v) is 12.6. The Morgan fingerprint density at radius 3 is 2.39 bits per heavy atom. The largest absolute Gasteiger partial charge is 0.492 e. The fourth-order valence-electron chi connectivity index (χ4n) is 3.81. The molecule has 1 fully saturated rings. The molecule has 1 saturated heterocycles. The van der Waals surface area contributed by atoms with Crippen molar-refractivity contribution in [3.05, 3.63) is 53.6 Å². The lowest BCUT2D eigenvalue weighted by Gasteiger charge is -2.31. The van der Waals surface area contributed by atoms with E-state index in [4.69, 9.17) is 4.74 Å². The number of likely N-dealkylation sites (tertiary alicyclic amines) is 1. The standard InChI is InChI=1S/C24H33N3O5S/c1-4-32-22-10-9-21(15-23(22)33(30,31)26(2)3)25-24(29)20-7-5-18(6-8-20)16-27-13-11-19(17-28)12-14-27/h5-10,15,19,28H,4,11-14,16-17H2,1-3H3,(H,25,29). The quantitative estimate of drug-likeness (QED) is 0.579. The molecule has 0 radical (unpaired) electrons. The van der Waals surface area contributed by atoms with Crippen LogP contribution in [-0.2, 0) is 16.6 Å². The number of carbonyl (C=O) groups is 1. The summed E-state index contributed by atoms with van der Waals surface area (Å²) in [5.41, 5.74) is 1.98. The van der Waals surface area contributed by atoms with E-state index in [0.29, 0.717) is 23.8 Å². The molecule has 9 heteroatoms. The van der Waals surface area contributed by atoms with Crippen LogP contribution in [0.1, 0.15) is 35.7 Å². The molecule has 1 heterocycles. The molecule has 3 rings (SSSR count). The van der Waals surface area contributed by atoms with Crippen LogP contribution in [0.4, 0.5) is 5.69 Å². The average Bonchev–Trinajstić information content (AvgIpc) is 2.81. The summed E-state index contributed by atoms with van der Waals surface area (Å²) in [6, 6.07) is 12.0. The molecule has 2 N–H and O–H groups in total. The Morgan fingerprint density at radius 2 is 1.82 bits per heavy atom. The predicted molar refractivity (Wildman–Crippen MR) is 128 cm³/mol. The molecule has 0 atom stereocenters. The third kappa shape index (κ3) is 6.32. The van der Waals surface area contributed by atoms with Gasteiger partial charge in [-0.25, -0.2) is 12.7 Å². The molecule has 2 aromatic carbocycles. The minimum absolute atomic E-state index is 0.00691. The summed E-state index contributed by atoms with van der Waals surface area (Å²) in [5, 5.41) is 12.1. The third-order valence-corrected chi connectivity index (χ3v) is 7.68. The summed E-state index contributed by atoms with van der Waals surface area (Å²) in [5.74, 6) is 0.336. The predicted octanol–water partition coefficient (Wildman–Crippen LogP) is 2.79. The first kappa shape index (κ1) is 25.2. The number of aliphatic hydroxyl groups excluding tert-OH is 1. The van der Waals surface area contributed by atoms with E-state index in [1.165, 1.54) is 20.2 Å². The Kier molecular flexibility index (Phi) is 8.47. The highest BCUT2D eigenvalue weighted by Crippen LogP contribution is 2.29. The second-order valence-electron chi connectivity index (χ2n) is 8.44. The SMILES string of the molecule is CCOc1ccc(NC(=O)c2ccc(CN3CCC(CO)CC3)cc2)cc1S(=O)(=O)N(C)C. The molecule has 0 unspecified atom stereocenters. The van der Waals surface area contributed by atoms with Gasteiger partial charge in [-0.1, -0.05) is 12.1 Å². The lowest BCUT2D eigenvalue weighted by Crippen LogP contribution is -2.34. The van der Waals surface area contributed by atoms with Crippen LogP contribution in [0.2, 0.25) is 0 Å². The molecule has 0 aromatic heterocycles. The number of anilines is 1. The lowest BCUT2D eigenvalue weighted by molar-refractivity contribution is 0.102. The van der Waals surface area contributed by atoms with Gasteiger partial charge in [-0.3, -0.25) is 9.69 Å². The molecule has 1 aliphatic heterocycles. The first-order valence-electron chi connectivity index (χ1n) is 11.2. The monoisotopic (exact) mass is 475 g/mol. The summed E-state index contributed by atoms with van der Waals surface area (Å²) >= 11 is 0. The summed E-state index contributed by atoms with van der Waals surface area (Å²) in [4.78, 5) is 15.1. The first-order chi connectivity index (χ1) is 15.7. The van der Waals surface area contributed by atoms with Crippen LogP contribution in [0.3, 0.4) is 0 Å². The molecular weight excluding hydrogens is 442 g/mol. The Balaban J connectivity index is 1.68. The van der Waals surface area contributed by atoms with Crippen molar-refractivity contribution in [2.24, 2.45) is 5.92 Å². The van der Waals surface area contributed by atoms with Gasteiger partial charge < -0.3 is 15.2 Å². The zero-order valence-corrected chi connectivity index (χ0v) is 20.3. The highest BCUT2D eigenvalue weighted by atomic mass is 32.2. The molecule has 0 aliphatic carbocycles. The van der Waals surface area contributed by atoms with E-state index >= 15 is 0 Å². The molecule has 1 amide bonds. The molecule has 0 saturated carbocycles. The van der Waals surface area contributed by atoms with E-state index in [1.807, 2.05) is 12.1 Å². The molecule has 0 spiro atoms. The van der Waals surface area contributed by atoms with Crippen molar-refractivity contribution in [1.82, 2.24) is 9.21 Å². The average molecular weight is 476 g/mol. The zero-order valence-electron chi connectivity index (χ0n) is 19.5. The van der Waals surface area contributed by atoms with Gasteiger partial charge in [-0.15, -0.1) is 0 Å². The van der Waals surface area contributed by atoms with Gasteiger partial charge in [0.1, 0.15) is 10.6 Å². The smallest absolute Gasteiger partial charge is 0.255 e. The van der Waals surface area contributed by atoms with Crippen molar-refractivity contribution in [2.75, 3.05) is 45.7 Å². The van der Waals surface area contributed by atoms with Crippen molar-refractivity contribution in [1.29, 1.82) is 0 Å². The van der Waals surface area contributed by atoms with Crippen molar-refractivity contribution < 1.29 is 23.1 Å². The van der Waals surface area contributed by atoms with Crippen molar-refractivity contribution in [3.8, 4) is 5.75 Å². The van der Waals surface area contributed by atoms with Crippen molar-refractivity contribution in [2.45, 2.75) is 31.2 Å². The summed E-state index contributed by atoms with van der Waals surface area (Å²) in [6.45, 7) is 5.10. The molecule has 0 bridgehead atoms. The number of hydrogen-bond donors (Lipinski definition) is 2. The topological polar surface area (TPSA) is 99.2 Å². The molecule has 2 aromatic rings. The highest BCUT2D eigenvalue weighted by molar-refractivity contribution is 7.89. The molecule has 180 valence electrons. The van der Waals surface area contributed by atoms with Gasteiger partial charge in [0.05, 0.1) is 6.61 Å². The maximum absolute atomic E-state index is 12.8. The highest BCUT2D eigenvalue weighted by Gasteiger charge is 2.23. The second-order valence-corrected chi connectivity index (χ2v) is 10.6. The number of sulfonamides is 1. The van der Waals surface area contributed by atoms with Gasteiger partial charge in [0.15, 0.2) is 0 Å². The van der Waals surface area contributed by atoms with Crippen LogP contribution in [0.5, 0.6) is 5.75 Å². The number of carbonyl (C=O) groups excluding carboxylic acids is 1. The summed E-state index contributed by atoms with van der Waals surface area (Å²) in [7, 11) is -0.837. The van der Waals surface area contributed by atoms with Gasteiger partial charge in [0.2, 0.25) is 10.0 Å². The minimum atomic E-state index is -3.74. The van der Waals surface area contributed by atoms with Gasteiger partial charge in [0.25, 0.3) is 5.91 Å². The fraction of sp³-hybridized carbons (Fsp3) is 0.458. The Bertz CT molecular complexity index is 1050. The van der Waals surface area contributed by atoms with E-state index < -0.39 is 10.0 Å². The van der Waals surface area contributed by atoms with Crippen LogP contribution in [0.15, 0.2) is 47.4 Å². The number of ether oxygens (including phenoxy) is 1. The molecule has 33 heavy (non-hydrogen) atoms. The Morgan fingerprint density at radius 1 is 1.15 bits per heavy atom. The maximum Gasteiger partial charge on any atom is 0.255 e. The van der Waals surface area contributed by atoms with E-state index in [9.17, 15) is 18.3 Å².